The summed E-state index contributed by atoms with van der Waals surface area (Å²) in [5.74, 6) is 1.01. The summed E-state index contributed by atoms with van der Waals surface area (Å²) in [5.41, 5.74) is 0.742. The van der Waals surface area contributed by atoms with E-state index in [2.05, 4.69) is 4.99 Å². The molecule has 2 fully saturated rings. The number of fused-ring (bicyclic) bond motifs is 1. The third kappa shape index (κ3) is 4.00. The summed E-state index contributed by atoms with van der Waals surface area (Å²) in [7, 11) is -0.000915. The summed E-state index contributed by atoms with van der Waals surface area (Å²) in [6, 6.07) is 5.16. The number of sulfone groups is 1. The Kier molecular flexibility index (Phi) is 6.24. The second kappa shape index (κ2) is 8.32. The molecule has 2 atom stereocenters. The van der Waals surface area contributed by atoms with Gasteiger partial charge >= 0.3 is 0 Å². The minimum absolute atomic E-state index is 0.0528. The molecular formula is C19H26N2O5S2. The second-order valence-corrected chi connectivity index (χ2v) is 10.3. The van der Waals surface area contributed by atoms with Gasteiger partial charge in [0.15, 0.2) is 26.5 Å². The molecule has 0 radical (unpaired) electrons. The molecule has 154 valence electrons. The molecule has 9 heteroatoms. The Bertz CT molecular complexity index is 880. The fraction of sp³-hybridized carbons (Fsp3) is 0.579. The van der Waals surface area contributed by atoms with Crippen molar-refractivity contribution in [1.82, 2.24) is 0 Å². The monoisotopic (exact) mass is 426 g/mol. The van der Waals surface area contributed by atoms with E-state index in [0.717, 1.165) is 18.5 Å². The topological polar surface area (TPSA) is 85.3 Å². The quantitative estimate of drug-likeness (QED) is 0.691. The Labute approximate surface area is 170 Å². The van der Waals surface area contributed by atoms with Crippen LogP contribution in [-0.4, -0.2) is 56.5 Å². The lowest BCUT2D eigenvalue weighted by Gasteiger charge is -2.25. The van der Waals surface area contributed by atoms with Crippen LogP contribution in [0.5, 0.6) is 11.5 Å². The molecule has 0 unspecified atom stereocenters. The van der Waals surface area contributed by atoms with Crippen molar-refractivity contribution in [2.24, 2.45) is 10.9 Å². The van der Waals surface area contributed by atoms with Crippen LogP contribution in [0.2, 0.25) is 0 Å². The van der Waals surface area contributed by atoms with Gasteiger partial charge in [0.25, 0.3) is 5.91 Å². The largest absolute Gasteiger partial charge is 0.493 e. The highest BCUT2D eigenvalue weighted by Gasteiger charge is 2.49. The van der Waals surface area contributed by atoms with E-state index in [0.29, 0.717) is 16.7 Å². The summed E-state index contributed by atoms with van der Waals surface area (Å²) in [6.07, 6.45) is 1.46. The summed E-state index contributed by atoms with van der Waals surface area (Å²) < 4.78 is 35.1. The first kappa shape index (κ1) is 21.0. The van der Waals surface area contributed by atoms with Crippen LogP contribution >= 0.6 is 11.8 Å². The normalized spacial score (nSPS) is 24.6. The SMILES string of the molecule is CCC(CC)C(=O)N=C1S[C@H]2CS(=O)(=O)C[C@@H]2N1c1ccc(OC)c(OC)c1. The van der Waals surface area contributed by atoms with Crippen LogP contribution in [0.3, 0.4) is 0 Å². The number of rotatable bonds is 6. The van der Waals surface area contributed by atoms with Crippen LogP contribution in [0, 0.1) is 5.92 Å². The van der Waals surface area contributed by atoms with E-state index in [1.807, 2.05) is 24.8 Å². The summed E-state index contributed by atoms with van der Waals surface area (Å²) in [6.45, 7) is 3.95. The molecule has 0 spiro atoms. The van der Waals surface area contributed by atoms with E-state index in [1.54, 1.807) is 26.4 Å². The van der Waals surface area contributed by atoms with E-state index in [9.17, 15) is 13.2 Å². The van der Waals surface area contributed by atoms with Crippen molar-refractivity contribution in [3.05, 3.63) is 18.2 Å². The first-order chi connectivity index (χ1) is 13.3. The smallest absolute Gasteiger partial charge is 0.251 e. The van der Waals surface area contributed by atoms with E-state index in [4.69, 9.17) is 9.47 Å². The zero-order valence-corrected chi connectivity index (χ0v) is 18.2. The highest BCUT2D eigenvalue weighted by atomic mass is 32.2. The van der Waals surface area contributed by atoms with Crippen LogP contribution in [0.15, 0.2) is 23.2 Å². The molecule has 7 nitrogen and oxygen atoms in total. The number of nitrogens with zero attached hydrogens (tertiary/aromatic N) is 2. The molecule has 0 aromatic heterocycles. The van der Waals surface area contributed by atoms with E-state index in [-0.39, 0.29) is 34.6 Å². The molecule has 2 saturated heterocycles. The number of thioether (sulfide) groups is 1. The molecule has 1 amide bonds. The van der Waals surface area contributed by atoms with E-state index < -0.39 is 9.84 Å². The van der Waals surface area contributed by atoms with E-state index >= 15 is 0 Å². The highest BCUT2D eigenvalue weighted by molar-refractivity contribution is 8.16. The number of ether oxygens (including phenoxy) is 2. The fourth-order valence-corrected chi connectivity index (χ4v) is 7.58. The zero-order chi connectivity index (χ0) is 20.5. The molecular weight excluding hydrogens is 400 g/mol. The Hall–Kier alpha value is -1.74. The minimum Gasteiger partial charge on any atom is -0.493 e. The van der Waals surface area contributed by atoms with Gasteiger partial charge in [-0.3, -0.25) is 4.79 Å². The van der Waals surface area contributed by atoms with Gasteiger partial charge in [-0.25, -0.2) is 8.42 Å². The number of benzene rings is 1. The first-order valence-electron chi connectivity index (χ1n) is 9.34. The van der Waals surface area contributed by atoms with Gasteiger partial charge in [-0.15, -0.1) is 0 Å². The van der Waals surface area contributed by atoms with Crippen LogP contribution in [0.4, 0.5) is 5.69 Å². The fourth-order valence-electron chi connectivity index (χ4n) is 3.66. The molecule has 1 aromatic rings. The molecule has 0 N–H and O–H groups in total. The average Bonchev–Trinajstić information content (AvgIpc) is 3.12. The van der Waals surface area contributed by atoms with Crippen molar-refractivity contribution in [3.63, 3.8) is 0 Å². The zero-order valence-electron chi connectivity index (χ0n) is 16.5. The van der Waals surface area contributed by atoms with Crippen molar-refractivity contribution in [2.75, 3.05) is 30.6 Å². The van der Waals surface area contributed by atoms with Gasteiger partial charge in [0.1, 0.15) is 0 Å². The molecule has 3 rings (SSSR count). The minimum atomic E-state index is -3.11. The van der Waals surface area contributed by atoms with Gasteiger partial charge in [-0.1, -0.05) is 25.6 Å². The van der Waals surface area contributed by atoms with Crippen molar-refractivity contribution >= 4 is 38.4 Å². The summed E-state index contributed by atoms with van der Waals surface area (Å²) in [5, 5.41) is 0.431. The predicted molar refractivity (Wildman–Crippen MR) is 112 cm³/mol. The van der Waals surface area contributed by atoms with Gasteiger partial charge in [-0.05, 0) is 25.0 Å². The Balaban J connectivity index is 2.02. The number of aliphatic imine (C=N–C) groups is 1. The van der Waals surface area contributed by atoms with Gasteiger partial charge in [0, 0.05) is 22.9 Å². The van der Waals surface area contributed by atoms with Crippen LogP contribution in [-0.2, 0) is 14.6 Å². The van der Waals surface area contributed by atoms with Crippen molar-refractivity contribution in [2.45, 2.75) is 38.0 Å². The molecule has 0 aliphatic carbocycles. The Morgan fingerprint density at radius 2 is 1.89 bits per heavy atom. The van der Waals surface area contributed by atoms with Gasteiger partial charge in [0.2, 0.25) is 0 Å². The number of hydrogen-bond acceptors (Lipinski definition) is 6. The molecule has 0 bridgehead atoms. The average molecular weight is 427 g/mol. The number of amides is 1. The number of carbonyl (C=O) groups is 1. The predicted octanol–water partition coefficient (Wildman–Crippen LogP) is 2.74. The molecule has 1 aromatic carbocycles. The highest BCUT2D eigenvalue weighted by Crippen LogP contribution is 2.43. The first-order valence-corrected chi connectivity index (χ1v) is 12.0. The molecule has 2 aliphatic heterocycles. The third-order valence-electron chi connectivity index (χ3n) is 5.25. The lowest BCUT2D eigenvalue weighted by atomic mass is 10.0. The number of anilines is 1. The maximum Gasteiger partial charge on any atom is 0.251 e. The molecule has 2 aliphatic rings. The lowest BCUT2D eigenvalue weighted by Crippen LogP contribution is -2.38. The van der Waals surface area contributed by atoms with Crippen LogP contribution in [0.25, 0.3) is 0 Å². The van der Waals surface area contributed by atoms with Gasteiger partial charge in [0.05, 0.1) is 31.8 Å². The van der Waals surface area contributed by atoms with Gasteiger partial charge in [-0.2, -0.15) is 4.99 Å². The molecule has 0 saturated carbocycles. The number of methoxy groups -OCH3 is 2. The Morgan fingerprint density at radius 3 is 2.50 bits per heavy atom. The van der Waals surface area contributed by atoms with Crippen molar-refractivity contribution in [1.29, 1.82) is 0 Å². The van der Waals surface area contributed by atoms with Gasteiger partial charge < -0.3 is 14.4 Å². The summed E-state index contributed by atoms with van der Waals surface area (Å²) >= 11 is 1.38. The number of hydrogen-bond donors (Lipinski definition) is 0. The summed E-state index contributed by atoms with van der Waals surface area (Å²) in [4.78, 5) is 18.9. The second-order valence-electron chi connectivity index (χ2n) is 6.96. The maximum atomic E-state index is 12.6. The van der Waals surface area contributed by atoms with E-state index in [1.165, 1.54) is 11.8 Å². The molecule has 2 heterocycles. The van der Waals surface area contributed by atoms with Crippen LogP contribution in [0.1, 0.15) is 26.7 Å². The standard InChI is InChI=1S/C19H26N2O5S2/c1-5-12(6-2)18(22)20-19-21(14-10-28(23,24)11-17(14)27-19)13-7-8-15(25-3)16(9-13)26-4/h7-9,12,14,17H,5-6,10-11H2,1-4H3/t14-,17-/m0/s1. The van der Waals surface area contributed by atoms with Crippen molar-refractivity contribution < 1.29 is 22.7 Å². The number of carbonyl (C=O) groups excluding carboxylic acids is 1. The third-order valence-corrected chi connectivity index (χ3v) is 8.46. The Morgan fingerprint density at radius 1 is 1.21 bits per heavy atom. The van der Waals surface area contributed by atoms with Crippen LogP contribution < -0.4 is 14.4 Å². The number of amidine groups is 1. The lowest BCUT2D eigenvalue weighted by molar-refractivity contribution is -0.121. The maximum absolute atomic E-state index is 12.6. The van der Waals surface area contributed by atoms with Crippen molar-refractivity contribution in [3.8, 4) is 11.5 Å². The molecule has 28 heavy (non-hydrogen) atoms.